The monoisotopic (exact) mass is 389 g/mol. The highest BCUT2D eigenvalue weighted by molar-refractivity contribution is 7.93. The molecule has 0 unspecified atom stereocenters. The number of sulfonamides is 1. The summed E-state index contributed by atoms with van der Waals surface area (Å²) >= 11 is 17.8. The lowest BCUT2D eigenvalue weighted by atomic mass is 10.2. The van der Waals surface area contributed by atoms with Gasteiger partial charge in [-0.1, -0.05) is 34.8 Å². The lowest BCUT2D eigenvalue weighted by molar-refractivity contribution is 0.601. The molecule has 5 nitrogen and oxygen atoms in total. The topological polar surface area (TPSA) is 74.8 Å². The maximum atomic E-state index is 12.6. The van der Waals surface area contributed by atoms with Gasteiger partial charge in [-0.3, -0.25) is 9.82 Å². The first kappa shape index (κ1) is 16.4. The van der Waals surface area contributed by atoms with Crippen molar-refractivity contribution in [3.05, 3.63) is 51.1 Å². The SMILES string of the molecule is Cc1[nH]nc2cc(NS(=O)(=O)c3c(Cl)ccc(Cl)c3Cl)ccc12. The van der Waals surface area contributed by atoms with E-state index in [1.54, 1.807) is 18.2 Å². The van der Waals surface area contributed by atoms with Gasteiger partial charge in [0, 0.05) is 11.1 Å². The van der Waals surface area contributed by atoms with E-state index in [0.717, 1.165) is 11.1 Å². The highest BCUT2D eigenvalue weighted by Crippen LogP contribution is 2.36. The second-order valence-corrected chi connectivity index (χ2v) is 7.67. The van der Waals surface area contributed by atoms with Gasteiger partial charge in [-0.15, -0.1) is 0 Å². The van der Waals surface area contributed by atoms with Crippen LogP contribution in [0.15, 0.2) is 35.2 Å². The van der Waals surface area contributed by atoms with Crippen LogP contribution in [0.1, 0.15) is 5.69 Å². The first-order chi connectivity index (χ1) is 10.8. The molecule has 1 heterocycles. The van der Waals surface area contributed by atoms with Crippen LogP contribution in [0.2, 0.25) is 15.1 Å². The number of aromatic amines is 1. The van der Waals surface area contributed by atoms with Crippen LogP contribution >= 0.6 is 34.8 Å². The largest absolute Gasteiger partial charge is 0.282 e. The predicted octanol–water partition coefficient (Wildman–Crippen LogP) is 4.63. The van der Waals surface area contributed by atoms with Gasteiger partial charge in [-0.2, -0.15) is 5.10 Å². The Morgan fingerprint density at radius 1 is 1.09 bits per heavy atom. The summed E-state index contributed by atoms with van der Waals surface area (Å²) in [5.74, 6) is 0. The molecule has 0 saturated carbocycles. The molecule has 1 aromatic heterocycles. The molecule has 0 saturated heterocycles. The predicted molar refractivity (Wildman–Crippen MR) is 93.1 cm³/mol. The third-order valence-corrected chi connectivity index (χ3v) is 6.08. The van der Waals surface area contributed by atoms with Crippen LogP contribution in [0.3, 0.4) is 0 Å². The number of nitrogens with one attached hydrogen (secondary N) is 2. The Kier molecular flexibility index (Phi) is 4.18. The number of benzene rings is 2. The van der Waals surface area contributed by atoms with Gasteiger partial charge < -0.3 is 0 Å². The molecular formula is C14H10Cl3N3O2S. The molecule has 2 N–H and O–H groups in total. The standard InChI is InChI=1S/C14H10Cl3N3O2S/c1-7-9-3-2-8(6-12(9)19-18-7)20-23(21,22)14-11(16)5-4-10(15)13(14)17/h2-6,20H,1H3,(H,18,19). The maximum Gasteiger partial charge on any atom is 0.264 e. The second-order valence-electron chi connectivity index (χ2n) is 4.86. The summed E-state index contributed by atoms with van der Waals surface area (Å²) in [5.41, 5.74) is 1.89. The van der Waals surface area contributed by atoms with E-state index in [4.69, 9.17) is 34.8 Å². The summed E-state index contributed by atoms with van der Waals surface area (Å²) in [6, 6.07) is 7.83. The Balaban J connectivity index is 2.05. The number of halogens is 3. The Labute approximate surface area is 147 Å². The van der Waals surface area contributed by atoms with E-state index >= 15 is 0 Å². The number of anilines is 1. The molecule has 120 valence electrons. The smallest absolute Gasteiger partial charge is 0.264 e. The summed E-state index contributed by atoms with van der Waals surface area (Å²) in [6.45, 7) is 1.88. The van der Waals surface area contributed by atoms with Gasteiger partial charge in [0.25, 0.3) is 10.0 Å². The minimum Gasteiger partial charge on any atom is -0.282 e. The summed E-state index contributed by atoms with van der Waals surface area (Å²) in [5, 5.41) is 7.82. The van der Waals surface area contributed by atoms with Gasteiger partial charge in [0.2, 0.25) is 0 Å². The van der Waals surface area contributed by atoms with E-state index < -0.39 is 10.0 Å². The number of hydrogen-bond donors (Lipinski definition) is 2. The van der Waals surface area contributed by atoms with Gasteiger partial charge in [0.15, 0.2) is 0 Å². The van der Waals surface area contributed by atoms with Gasteiger partial charge in [-0.05, 0) is 37.3 Å². The molecule has 9 heteroatoms. The zero-order valence-electron chi connectivity index (χ0n) is 11.7. The van der Waals surface area contributed by atoms with Gasteiger partial charge in [0.1, 0.15) is 4.90 Å². The third kappa shape index (κ3) is 2.99. The molecule has 0 atom stereocenters. The van der Waals surface area contributed by atoms with Crippen molar-refractivity contribution < 1.29 is 8.42 Å². The third-order valence-electron chi connectivity index (χ3n) is 3.27. The van der Waals surface area contributed by atoms with Gasteiger partial charge in [-0.25, -0.2) is 8.42 Å². The van der Waals surface area contributed by atoms with Gasteiger partial charge in [0.05, 0.1) is 26.3 Å². The van der Waals surface area contributed by atoms with E-state index in [0.29, 0.717) is 11.2 Å². The fraction of sp³-hybridized carbons (Fsp3) is 0.0714. The minimum absolute atomic E-state index is 0.0106. The minimum atomic E-state index is -4.00. The van der Waals surface area contributed by atoms with Crippen LogP contribution in [0, 0.1) is 6.92 Å². The average molecular weight is 391 g/mol. The van der Waals surface area contributed by atoms with Crippen LogP contribution in [0.5, 0.6) is 0 Å². The van der Waals surface area contributed by atoms with Crippen molar-refractivity contribution in [2.75, 3.05) is 4.72 Å². The number of aromatic nitrogens is 2. The molecule has 2 aromatic carbocycles. The first-order valence-corrected chi connectivity index (χ1v) is 9.02. The van der Waals surface area contributed by atoms with Crippen molar-refractivity contribution in [3.63, 3.8) is 0 Å². The zero-order chi connectivity index (χ0) is 16.8. The lowest BCUT2D eigenvalue weighted by Gasteiger charge is -2.12. The zero-order valence-corrected chi connectivity index (χ0v) is 14.8. The fourth-order valence-electron chi connectivity index (χ4n) is 2.17. The Morgan fingerprint density at radius 2 is 1.78 bits per heavy atom. The quantitative estimate of drug-likeness (QED) is 0.640. The molecule has 0 amide bonds. The summed E-state index contributed by atoms with van der Waals surface area (Å²) in [4.78, 5) is -0.258. The molecule has 0 aliphatic heterocycles. The molecule has 0 spiro atoms. The van der Waals surface area contributed by atoms with E-state index in [2.05, 4.69) is 14.9 Å². The summed E-state index contributed by atoms with van der Waals surface area (Å²) < 4.78 is 27.6. The molecule has 0 radical (unpaired) electrons. The number of nitrogens with zero attached hydrogens (tertiary/aromatic N) is 1. The number of hydrogen-bond acceptors (Lipinski definition) is 3. The van der Waals surface area contributed by atoms with Crippen molar-refractivity contribution in [2.24, 2.45) is 0 Å². The van der Waals surface area contributed by atoms with E-state index in [9.17, 15) is 8.42 Å². The Bertz CT molecular complexity index is 1020. The Morgan fingerprint density at radius 3 is 2.52 bits per heavy atom. The number of H-pyrrole nitrogens is 1. The Hall–Kier alpha value is -1.47. The normalized spacial score (nSPS) is 11.8. The molecule has 0 aliphatic carbocycles. The summed E-state index contributed by atoms with van der Waals surface area (Å²) in [7, 11) is -4.00. The molecule has 3 aromatic rings. The molecular weight excluding hydrogens is 381 g/mol. The molecule has 23 heavy (non-hydrogen) atoms. The van der Waals surface area contributed by atoms with Gasteiger partial charge >= 0.3 is 0 Å². The van der Waals surface area contributed by atoms with E-state index in [1.165, 1.54) is 12.1 Å². The van der Waals surface area contributed by atoms with Crippen LogP contribution in [-0.2, 0) is 10.0 Å². The van der Waals surface area contributed by atoms with Crippen molar-refractivity contribution >= 4 is 61.4 Å². The maximum absolute atomic E-state index is 12.6. The van der Waals surface area contributed by atoms with Crippen molar-refractivity contribution in [1.82, 2.24) is 10.2 Å². The van der Waals surface area contributed by atoms with Crippen molar-refractivity contribution in [2.45, 2.75) is 11.8 Å². The van der Waals surface area contributed by atoms with Crippen molar-refractivity contribution in [1.29, 1.82) is 0 Å². The van der Waals surface area contributed by atoms with E-state index in [1.807, 2.05) is 6.92 Å². The molecule has 3 rings (SSSR count). The molecule has 0 fully saturated rings. The van der Waals surface area contributed by atoms with Crippen LogP contribution in [0.25, 0.3) is 10.9 Å². The van der Waals surface area contributed by atoms with E-state index in [-0.39, 0.29) is 20.0 Å². The van der Waals surface area contributed by atoms with Crippen LogP contribution in [-0.4, -0.2) is 18.6 Å². The number of fused-ring (bicyclic) bond motifs is 1. The second kappa shape index (κ2) is 5.87. The highest BCUT2D eigenvalue weighted by Gasteiger charge is 2.24. The lowest BCUT2D eigenvalue weighted by Crippen LogP contribution is -2.14. The fourth-order valence-corrected chi connectivity index (χ4v) is 4.57. The summed E-state index contributed by atoms with van der Waals surface area (Å²) in [6.07, 6.45) is 0. The number of rotatable bonds is 3. The highest BCUT2D eigenvalue weighted by atomic mass is 35.5. The first-order valence-electron chi connectivity index (χ1n) is 6.40. The van der Waals surface area contributed by atoms with Crippen LogP contribution < -0.4 is 4.72 Å². The van der Waals surface area contributed by atoms with Crippen molar-refractivity contribution in [3.8, 4) is 0 Å². The number of aryl methyl sites for hydroxylation is 1. The molecule has 0 bridgehead atoms. The average Bonchev–Trinajstić information content (AvgIpc) is 2.83. The molecule has 0 aliphatic rings. The van der Waals surface area contributed by atoms with Crippen LogP contribution in [0.4, 0.5) is 5.69 Å².